The summed E-state index contributed by atoms with van der Waals surface area (Å²) in [5, 5.41) is 5.92. The molecule has 1 aliphatic carbocycles. The lowest BCUT2D eigenvalue weighted by Crippen LogP contribution is -2.33. The topological polar surface area (TPSA) is 78.7 Å². The minimum absolute atomic E-state index is 0.186. The van der Waals surface area contributed by atoms with Crippen LogP contribution >= 0.6 is 0 Å². The number of amides is 2. The van der Waals surface area contributed by atoms with Gasteiger partial charge in [-0.1, -0.05) is 18.9 Å². The molecule has 150 valence electrons. The zero-order valence-electron chi connectivity index (χ0n) is 16.7. The number of rotatable bonds is 5. The molecule has 29 heavy (non-hydrogen) atoms. The summed E-state index contributed by atoms with van der Waals surface area (Å²) >= 11 is 0. The van der Waals surface area contributed by atoms with Crippen molar-refractivity contribution in [3.8, 4) is 0 Å². The molecule has 1 aromatic carbocycles. The minimum atomic E-state index is -0.341. The highest BCUT2D eigenvalue weighted by atomic mass is 16.2. The van der Waals surface area contributed by atoms with Crippen molar-refractivity contribution in [1.82, 2.24) is 14.7 Å². The van der Waals surface area contributed by atoms with Gasteiger partial charge in [0.1, 0.15) is 0 Å². The molecule has 1 saturated carbocycles. The summed E-state index contributed by atoms with van der Waals surface area (Å²) in [6.07, 6.45) is 6.01. The Morgan fingerprint density at radius 1 is 1.03 bits per heavy atom. The van der Waals surface area contributed by atoms with E-state index in [-0.39, 0.29) is 29.4 Å². The first-order chi connectivity index (χ1) is 14.0. The molecule has 4 rings (SSSR count). The predicted octanol–water partition coefficient (Wildman–Crippen LogP) is 3.33. The van der Waals surface area contributed by atoms with E-state index < -0.39 is 0 Å². The van der Waals surface area contributed by atoms with Crippen molar-refractivity contribution in [2.45, 2.75) is 31.7 Å². The maximum absolute atomic E-state index is 12.9. The third kappa shape index (κ3) is 3.94. The summed E-state index contributed by atoms with van der Waals surface area (Å²) in [6, 6.07) is 13.2. The van der Waals surface area contributed by atoms with Crippen molar-refractivity contribution in [2.75, 3.05) is 24.3 Å². The Hall–Kier alpha value is -3.35. The van der Waals surface area contributed by atoms with Crippen LogP contribution in [0.25, 0.3) is 5.52 Å². The number of hydrogen-bond donors (Lipinski definition) is 2. The van der Waals surface area contributed by atoms with Gasteiger partial charge in [0, 0.05) is 37.7 Å². The Balaban J connectivity index is 1.59. The summed E-state index contributed by atoms with van der Waals surface area (Å²) < 4.78 is 1.67. The Morgan fingerprint density at radius 2 is 1.76 bits per heavy atom. The Labute approximate surface area is 169 Å². The molecule has 2 heterocycles. The number of anilines is 2. The van der Waals surface area contributed by atoms with Gasteiger partial charge < -0.3 is 15.5 Å². The maximum atomic E-state index is 12.9. The highest BCUT2D eigenvalue weighted by Gasteiger charge is 2.24. The molecule has 0 unspecified atom stereocenters. The van der Waals surface area contributed by atoms with Crippen LogP contribution in [0.1, 0.15) is 46.8 Å². The number of benzene rings is 1. The minimum Gasteiger partial charge on any atom is -0.378 e. The van der Waals surface area contributed by atoms with Gasteiger partial charge in [0.15, 0.2) is 5.69 Å². The second-order valence-electron chi connectivity index (χ2n) is 7.59. The molecule has 0 aliphatic heterocycles. The fourth-order valence-electron chi connectivity index (χ4n) is 3.72. The summed E-state index contributed by atoms with van der Waals surface area (Å²) in [5.41, 5.74) is 2.56. The standard InChI is InChI=1S/C22H25N5O2/c1-26(2)17-12-10-16(11-13-17)23-21(28)19-18-9-5-6-14-27(18)20(25-19)22(29)24-15-7-3-4-8-15/h5-6,9-15H,3-4,7-8H2,1-2H3,(H,23,28)(H,24,29). The van der Waals surface area contributed by atoms with E-state index in [0.717, 1.165) is 31.4 Å². The highest BCUT2D eigenvalue weighted by molar-refractivity contribution is 6.09. The number of aromatic nitrogens is 2. The van der Waals surface area contributed by atoms with E-state index in [0.29, 0.717) is 11.2 Å². The van der Waals surface area contributed by atoms with Crippen LogP contribution in [-0.4, -0.2) is 41.3 Å². The van der Waals surface area contributed by atoms with Gasteiger partial charge >= 0.3 is 0 Å². The van der Waals surface area contributed by atoms with Gasteiger partial charge in [-0.15, -0.1) is 0 Å². The van der Waals surface area contributed by atoms with Crippen LogP contribution in [0.3, 0.4) is 0 Å². The lowest BCUT2D eigenvalue weighted by molar-refractivity contribution is 0.0926. The average molecular weight is 391 g/mol. The number of carbonyl (C=O) groups is 2. The van der Waals surface area contributed by atoms with Crippen LogP contribution < -0.4 is 15.5 Å². The van der Waals surface area contributed by atoms with Gasteiger partial charge in [0.25, 0.3) is 11.8 Å². The van der Waals surface area contributed by atoms with Crippen molar-refractivity contribution in [3.05, 3.63) is 60.2 Å². The van der Waals surface area contributed by atoms with Gasteiger partial charge in [-0.25, -0.2) is 4.98 Å². The van der Waals surface area contributed by atoms with Crippen LogP contribution in [-0.2, 0) is 0 Å². The number of carbonyl (C=O) groups excluding carboxylic acids is 2. The third-order valence-corrected chi connectivity index (χ3v) is 5.30. The lowest BCUT2D eigenvalue weighted by atomic mass is 10.2. The van der Waals surface area contributed by atoms with Gasteiger partial charge in [-0.2, -0.15) is 0 Å². The Bertz CT molecular complexity index is 1030. The first-order valence-corrected chi connectivity index (χ1v) is 9.89. The van der Waals surface area contributed by atoms with Crippen molar-refractivity contribution in [3.63, 3.8) is 0 Å². The first-order valence-electron chi connectivity index (χ1n) is 9.89. The molecule has 1 aliphatic rings. The molecule has 2 amide bonds. The average Bonchev–Trinajstić information content (AvgIpc) is 3.36. The first kappa shape index (κ1) is 19.0. The number of hydrogen-bond acceptors (Lipinski definition) is 4. The molecule has 0 bridgehead atoms. The predicted molar refractivity (Wildman–Crippen MR) is 114 cm³/mol. The molecule has 7 heteroatoms. The SMILES string of the molecule is CN(C)c1ccc(NC(=O)c2nc(C(=O)NC3CCCC3)n3ccccc23)cc1. The molecule has 0 spiro atoms. The molecule has 2 N–H and O–H groups in total. The number of pyridine rings is 1. The van der Waals surface area contributed by atoms with Crippen LogP contribution in [0.15, 0.2) is 48.7 Å². The molecule has 0 radical (unpaired) electrons. The van der Waals surface area contributed by atoms with Crippen LogP contribution in [0.4, 0.5) is 11.4 Å². The van der Waals surface area contributed by atoms with E-state index in [9.17, 15) is 9.59 Å². The zero-order valence-corrected chi connectivity index (χ0v) is 16.7. The van der Waals surface area contributed by atoms with Crippen molar-refractivity contribution in [2.24, 2.45) is 0 Å². The number of nitrogens with zero attached hydrogens (tertiary/aromatic N) is 3. The molecule has 3 aromatic rings. The highest BCUT2D eigenvalue weighted by Crippen LogP contribution is 2.20. The molecule has 7 nitrogen and oxygen atoms in total. The summed E-state index contributed by atoms with van der Waals surface area (Å²) in [6.45, 7) is 0. The van der Waals surface area contributed by atoms with E-state index in [1.165, 1.54) is 0 Å². The van der Waals surface area contributed by atoms with Gasteiger partial charge in [-0.05, 0) is 49.2 Å². The quantitative estimate of drug-likeness (QED) is 0.699. The molecular formula is C22H25N5O2. The van der Waals surface area contributed by atoms with E-state index in [4.69, 9.17) is 0 Å². The van der Waals surface area contributed by atoms with Crippen LogP contribution in [0.5, 0.6) is 0 Å². The second-order valence-corrected chi connectivity index (χ2v) is 7.59. The molecule has 0 atom stereocenters. The van der Waals surface area contributed by atoms with E-state index >= 15 is 0 Å². The van der Waals surface area contributed by atoms with Gasteiger partial charge in [-0.3, -0.25) is 14.0 Å². The van der Waals surface area contributed by atoms with Crippen molar-refractivity contribution >= 4 is 28.7 Å². The Morgan fingerprint density at radius 3 is 2.45 bits per heavy atom. The van der Waals surface area contributed by atoms with E-state index in [2.05, 4.69) is 15.6 Å². The van der Waals surface area contributed by atoms with Gasteiger partial charge in [0.2, 0.25) is 5.82 Å². The largest absolute Gasteiger partial charge is 0.378 e. The third-order valence-electron chi connectivity index (χ3n) is 5.30. The smallest absolute Gasteiger partial charge is 0.287 e. The fraction of sp³-hybridized carbons (Fsp3) is 0.318. The van der Waals surface area contributed by atoms with Crippen LogP contribution in [0, 0.1) is 0 Å². The second kappa shape index (κ2) is 7.95. The van der Waals surface area contributed by atoms with Crippen LogP contribution in [0.2, 0.25) is 0 Å². The monoisotopic (exact) mass is 391 g/mol. The number of nitrogens with one attached hydrogen (secondary N) is 2. The normalized spacial score (nSPS) is 14.1. The van der Waals surface area contributed by atoms with Crippen molar-refractivity contribution < 1.29 is 9.59 Å². The van der Waals surface area contributed by atoms with Gasteiger partial charge in [0.05, 0.1) is 5.52 Å². The lowest BCUT2D eigenvalue weighted by Gasteiger charge is -2.12. The zero-order chi connectivity index (χ0) is 20.4. The molecule has 0 saturated heterocycles. The Kier molecular flexibility index (Phi) is 5.20. The number of fused-ring (bicyclic) bond motifs is 1. The molecule has 2 aromatic heterocycles. The van der Waals surface area contributed by atoms with E-state index in [1.54, 1.807) is 16.7 Å². The maximum Gasteiger partial charge on any atom is 0.287 e. The molecule has 1 fully saturated rings. The van der Waals surface area contributed by atoms with Crippen molar-refractivity contribution in [1.29, 1.82) is 0 Å². The van der Waals surface area contributed by atoms with E-state index in [1.807, 2.05) is 55.4 Å². The number of imidazole rings is 1. The fourth-order valence-corrected chi connectivity index (χ4v) is 3.72. The summed E-state index contributed by atoms with van der Waals surface area (Å²) in [7, 11) is 3.92. The summed E-state index contributed by atoms with van der Waals surface area (Å²) in [5.74, 6) is -0.348. The molecular weight excluding hydrogens is 366 g/mol. The summed E-state index contributed by atoms with van der Waals surface area (Å²) in [4.78, 5) is 32.1.